The zero-order valence-electron chi connectivity index (χ0n) is 7.19. The molecule has 0 aromatic carbocycles. The van der Waals surface area contributed by atoms with E-state index in [-0.39, 0.29) is 12.6 Å². The first-order chi connectivity index (χ1) is 6.29. The van der Waals surface area contributed by atoms with Gasteiger partial charge in [-0.15, -0.1) is 0 Å². The summed E-state index contributed by atoms with van der Waals surface area (Å²) in [5.74, 6) is -0.955. The Morgan fingerprint density at radius 3 is 2.92 bits per heavy atom. The fourth-order valence-electron chi connectivity index (χ4n) is 0.976. The number of aliphatic carboxylic acids is 1. The van der Waals surface area contributed by atoms with Crippen LogP contribution < -0.4 is 10.8 Å². The van der Waals surface area contributed by atoms with E-state index in [1.807, 2.05) is 0 Å². The lowest BCUT2D eigenvalue weighted by Crippen LogP contribution is -2.32. The Morgan fingerprint density at radius 2 is 2.46 bits per heavy atom. The molecule has 74 valence electrons. The summed E-state index contributed by atoms with van der Waals surface area (Å²) in [5.41, 5.74) is 2.67. The summed E-state index contributed by atoms with van der Waals surface area (Å²) in [4.78, 5) is 14.7. The molecule has 0 radical (unpaired) electrons. The van der Waals surface area contributed by atoms with E-state index in [4.69, 9.17) is 10.4 Å². The molecule has 3 N–H and O–H groups in total. The molecule has 0 aromatic heterocycles. The first kappa shape index (κ1) is 11.8. The first-order valence-electron chi connectivity index (χ1n) is 3.84. The summed E-state index contributed by atoms with van der Waals surface area (Å²) < 4.78 is 0. The predicted molar refractivity (Wildman–Crippen MR) is 44.7 cm³/mol. The number of rotatable bonds is 4. The Labute approximate surface area is 76.4 Å². The van der Waals surface area contributed by atoms with Crippen molar-refractivity contribution < 1.29 is 14.7 Å². The molecule has 0 spiro atoms. The van der Waals surface area contributed by atoms with E-state index in [0.717, 1.165) is 19.5 Å². The number of hydrogen-bond donors (Lipinski definition) is 3. The lowest BCUT2D eigenvalue weighted by atomic mass is 10.3. The third-order valence-electron chi connectivity index (χ3n) is 1.51. The third-order valence-corrected chi connectivity index (χ3v) is 1.51. The lowest BCUT2D eigenvalue weighted by molar-refractivity contribution is -0.145. The first-order valence-corrected chi connectivity index (χ1v) is 3.84. The molecule has 0 aromatic rings. The van der Waals surface area contributed by atoms with E-state index in [9.17, 15) is 4.79 Å². The van der Waals surface area contributed by atoms with Crippen LogP contribution in [0.15, 0.2) is 0 Å². The Bertz CT molecular complexity index is 166. The van der Waals surface area contributed by atoms with Crippen LogP contribution in [0.4, 0.5) is 0 Å². The van der Waals surface area contributed by atoms with Gasteiger partial charge < -0.3 is 10.4 Å². The molecule has 0 saturated carbocycles. The van der Waals surface area contributed by atoms with Gasteiger partial charge in [0.1, 0.15) is 0 Å². The highest BCUT2D eigenvalue weighted by atomic mass is 16.7. The molecule has 1 fully saturated rings. The van der Waals surface area contributed by atoms with Crippen molar-refractivity contribution in [3.63, 3.8) is 0 Å². The largest absolute Gasteiger partial charge is 0.479 e. The summed E-state index contributed by atoms with van der Waals surface area (Å²) in [7, 11) is 0. The molecule has 1 aliphatic rings. The van der Waals surface area contributed by atoms with Crippen molar-refractivity contribution in [1.82, 2.24) is 10.8 Å². The van der Waals surface area contributed by atoms with Crippen LogP contribution in [0.1, 0.15) is 6.42 Å². The van der Waals surface area contributed by atoms with Gasteiger partial charge in [0.25, 0.3) is 0 Å². The maximum Gasteiger partial charge on any atom is 0.331 e. The molecule has 0 bridgehead atoms. The van der Waals surface area contributed by atoms with Gasteiger partial charge in [0, 0.05) is 19.2 Å². The van der Waals surface area contributed by atoms with Crippen LogP contribution in [-0.4, -0.2) is 36.8 Å². The average molecular weight is 187 g/mol. The van der Waals surface area contributed by atoms with Crippen LogP contribution >= 0.6 is 0 Å². The molecular formula is C7H13N3O3. The predicted octanol–water partition coefficient (Wildman–Crippen LogP) is -0.906. The zero-order chi connectivity index (χ0) is 10.1. The second-order valence-corrected chi connectivity index (χ2v) is 2.49. The zero-order valence-corrected chi connectivity index (χ0v) is 7.19. The molecule has 1 saturated heterocycles. The standard InChI is InChI=1S/C6H12N2O3.CHN/c9-6(10)4-11-8-5-1-2-7-3-5;1-2/h5,7-8H,1-4H2,(H,9,10);1H. The summed E-state index contributed by atoms with van der Waals surface area (Å²) in [6, 6.07) is 0.259. The number of nitrogens with one attached hydrogen (secondary N) is 2. The Morgan fingerprint density at radius 1 is 1.77 bits per heavy atom. The maximum absolute atomic E-state index is 9.99. The Balaban J connectivity index is 0.000000671. The van der Waals surface area contributed by atoms with Crippen molar-refractivity contribution in [1.29, 1.82) is 5.26 Å². The lowest BCUT2D eigenvalue weighted by Gasteiger charge is -2.08. The van der Waals surface area contributed by atoms with Crippen LogP contribution in [-0.2, 0) is 9.63 Å². The van der Waals surface area contributed by atoms with Crippen molar-refractivity contribution in [2.45, 2.75) is 12.5 Å². The third kappa shape index (κ3) is 6.04. The summed E-state index contributed by atoms with van der Waals surface area (Å²) in [5, 5.41) is 17.8. The molecule has 1 rings (SSSR count). The number of carbonyl (C=O) groups is 1. The maximum atomic E-state index is 9.99. The minimum absolute atomic E-state index is 0.259. The van der Waals surface area contributed by atoms with Gasteiger partial charge >= 0.3 is 5.97 Å². The molecule has 6 nitrogen and oxygen atoms in total. The molecule has 13 heavy (non-hydrogen) atoms. The van der Waals surface area contributed by atoms with Gasteiger partial charge in [0.05, 0.1) is 0 Å². The summed E-state index contributed by atoms with van der Waals surface area (Å²) >= 11 is 0. The number of carboxylic acid groups (broad SMARTS) is 1. The van der Waals surface area contributed by atoms with Gasteiger partial charge in [-0.25, -0.2) is 10.1 Å². The molecule has 1 heterocycles. The van der Waals surface area contributed by atoms with Crippen molar-refractivity contribution in [3.8, 4) is 6.57 Å². The number of nitriles is 1. The van der Waals surface area contributed by atoms with E-state index in [0.29, 0.717) is 0 Å². The van der Waals surface area contributed by atoms with E-state index in [2.05, 4.69) is 22.2 Å². The van der Waals surface area contributed by atoms with Crippen LogP contribution in [0, 0.1) is 11.8 Å². The second kappa shape index (κ2) is 7.49. The van der Waals surface area contributed by atoms with Crippen molar-refractivity contribution in [3.05, 3.63) is 0 Å². The molecular weight excluding hydrogens is 174 g/mol. The number of hydrogen-bond acceptors (Lipinski definition) is 5. The summed E-state index contributed by atoms with van der Waals surface area (Å²) in [6.07, 6.45) is 0.986. The Hall–Kier alpha value is -1.16. The van der Waals surface area contributed by atoms with Gasteiger partial charge in [0.2, 0.25) is 0 Å². The quantitative estimate of drug-likeness (QED) is 0.493. The van der Waals surface area contributed by atoms with Crippen molar-refractivity contribution >= 4 is 5.97 Å². The van der Waals surface area contributed by atoms with Crippen LogP contribution in [0.2, 0.25) is 0 Å². The molecule has 6 heteroatoms. The summed E-state index contributed by atoms with van der Waals surface area (Å²) in [6.45, 7) is 5.03. The second-order valence-electron chi connectivity index (χ2n) is 2.49. The fourth-order valence-corrected chi connectivity index (χ4v) is 0.976. The van der Waals surface area contributed by atoms with Crippen LogP contribution in [0.3, 0.4) is 0 Å². The molecule has 1 unspecified atom stereocenters. The smallest absolute Gasteiger partial charge is 0.331 e. The number of hydroxylamine groups is 1. The van der Waals surface area contributed by atoms with E-state index >= 15 is 0 Å². The molecule has 1 aliphatic heterocycles. The minimum Gasteiger partial charge on any atom is -0.479 e. The van der Waals surface area contributed by atoms with Gasteiger partial charge in [0.15, 0.2) is 6.61 Å². The van der Waals surface area contributed by atoms with Gasteiger partial charge in [-0.05, 0) is 13.0 Å². The monoisotopic (exact) mass is 187 g/mol. The van der Waals surface area contributed by atoms with Gasteiger partial charge in [-0.3, -0.25) is 4.84 Å². The minimum atomic E-state index is -0.955. The van der Waals surface area contributed by atoms with E-state index in [1.165, 1.54) is 0 Å². The van der Waals surface area contributed by atoms with Gasteiger partial charge in [-0.2, -0.15) is 5.48 Å². The van der Waals surface area contributed by atoms with Crippen LogP contribution in [0.5, 0.6) is 0 Å². The molecule has 1 atom stereocenters. The van der Waals surface area contributed by atoms with E-state index in [1.54, 1.807) is 0 Å². The Kier molecular flexibility index (Phi) is 6.82. The average Bonchev–Trinajstić information content (AvgIpc) is 2.60. The highest BCUT2D eigenvalue weighted by Gasteiger charge is 2.13. The topological polar surface area (TPSA) is 94.4 Å². The van der Waals surface area contributed by atoms with E-state index < -0.39 is 5.97 Å². The van der Waals surface area contributed by atoms with Crippen LogP contribution in [0.25, 0.3) is 0 Å². The highest BCUT2D eigenvalue weighted by molar-refractivity contribution is 5.67. The van der Waals surface area contributed by atoms with Gasteiger partial charge in [-0.1, -0.05) is 0 Å². The molecule has 0 aliphatic carbocycles. The number of carboxylic acids is 1. The normalized spacial score (nSPS) is 20.3. The SMILES string of the molecule is C#N.O=C(O)CONC1CCNC1. The molecule has 0 amide bonds. The van der Waals surface area contributed by atoms with Crippen molar-refractivity contribution in [2.75, 3.05) is 19.7 Å². The van der Waals surface area contributed by atoms with Crippen molar-refractivity contribution in [2.24, 2.45) is 0 Å². The highest BCUT2D eigenvalue weighted by Crippen LogP contribution is 1.95. The number of nitrogens with zero attached hydrogens (tertiary/aromatic N) is 1. The fraction of sp³-hybridized carbons (Fsp3) is 0.714.